The highest BCUT2D eigenvalue weighted by Crippen LogP contribution is 2.27. The topological polar surface area (TPSA) is 78.2 Å². The first-order valence-corrected chi connectivity index (χ1v) is 4.60. The van der Waals surface area contributed by atoms with E-state index in [0.717, 1.165) is 6.07 Å². The Morgan fingerprint density at radius 1 is 1.46 bits per heavy atom. The summed E-state index contributed by atoms with van der Waals surface area (Å²) in [5.74, 6) is -2.39. The first kappa shape index (κ1) is 11.8. The zero-order valence-electron chi connectivity index (χ0n) is 6.25. The maximum absolute atomic E-state index is 11.7. The van der Waals surface area contributed by atoms with Crippen molar-refractivity contribution < 1.29 is 26.7 Å². The lowest BCUT2D eigenvalue weighted by Gasteiger charge is -2.05. The van der Waals surface area contributed by atoms with Crippen molar-refractivity contribution in [1.82, 2.24) is 0 Å². The molecule has 0 aliphatic rings. The second kappa shape index (κ2) is 3.26. The van der Waals surface area contributed by atoms with E-state index in [1.165, 1.54) is 0 Å². The monoisotopic (exact) mass is 215 g/mol. The molecule has 0 saturated carbocycles. The van der Waals surface area contributed by atoms with E-state index >= 15 is 0 Å². The third-order valence-corrected chi connectivity index (χ3v) is 1.98. The molecule has 0 unspecified atom stereocenters. The van der Waals surface area contributed by atoms with E-state index in [9.17, 15) is 21.6 Å². The van der Waals surface area contributed by atoms with Crippen molar-refractivity contribution in [2.75, 3.05) is 6.26 Å². The van der Waals surface area contributed by atoms with Crippen molar-refractivity contribution in [3.8, 4) is 6.07 Å². The van der Waals surface area contributed by atoms with Crippen LogP contribution in [0.5, 0.6) is 0 Å². The molecule has 8 heteroatoms. The van der Waals surface area contributed by atoms with Crippen LogP contribution in [0.15, 0.2) is 10.7 Å². The first-order valence-electron chi connectivity index (χ1n) is 2.71. The summed E-state index contributed by atoms with van der Waals surface area (Å²) in [4.78, 5) is -1.68. The molecule has 0 aromatic rings. The zero-order valence-corrected chi connectivity index (χ0v) is 7.07. The van der Waals surface area contributed by atoms with Gasteiger partial charge >= 0.3 is 6.18 Å². The quantitative estimate of drug-likeness (QED) is 0.520. The Morgan fingerprint density at radius 2 is 1.85 bits per heavy atom. The van der Waals surface area contributed by atoms with Gasteiger partial charge in [0.1, 0.15) is 6.07 Å². The van der Waals surface area contributed by atoms with Crippen LogP contribution in [0.25, 0.3) is 0 Å². The van der Waals surface area contributed by atoms with Gasteiger partial charge in [-0.05, 0) is 0 Å². The third kappa shape index (κ3) is 2.95. The summed E-state index contributed by atoms with van der Waals surface area (Å²) < 4.78 is 56.1. The molecule has 0 aromatic heterocycles. The predicted molar refractivity (Wildman–Crippen MR) is 36.2 cm³/mol. The molecule has 0 saturated heterocycles. The number of rotatable bonds is 1. The van der Waals surface area contributed by atoms with Crippen LogP contribution < -0.4 is 0 Å². The van der Waals surface area contributed by atoms with Gasteiger partial charge < -0.3 is 5.11 Å². The Labute approximate surface area is 71.8 Å². The lowest BCUT2D eigenvalue weighted by Crippen LogP contribution is -2.17. The van der Waals surface area contributed by atoms with E-state index in [0.29, 0.717) is 6.26 Å². The van der Waals surface area contributed by atoms with E-state index < -0.39 is 26.7 Å². The molecular formula is C5H4F3NO3S. The Hall–Kier alpha value is -1.23. The van der Waals surface area contributed by atoms with Crippen molar-refractivity contribution in [2.24, 2.45) is 0 Å². The number of halogens is 3. The molecule has 0 amide bonds. The summed E-state index contributed by atoms with van der Waals surface area (Å²) in [6.07, 6.45) is -4.83. The zero-order chi connectivity index (χ0) is 10.9. The number of hydrogen-bond donors (Lipinski definition) is 1. The van der Waals surface area contributed by atoms with E-state index in [1.807, 2.05) is 0 Å². The highest BCUT2D eigenvalue weighted by atomic mass is 32.2. The van der Waals surface area contributed by atoms with E-state index in [4.69, 9.17) is 10.4 Å². The number of alkyl halides is 3. The Balaban J connectivity index is 5.61. The Morgan fingerprint density at radius 3 is 1.92 bits per heavy atom. The highest BCUT2D eigenvalue weighted by molar-refractivity contribution is 7.94. The van der Waals surface area contributed by atoms with Gasteiger partial charge in [-0.2, -0.15) is 18.4 Å². The van der Waals surface area contributed by atoms with Gasteiger partial charge in [-0.3, -0.25) is 0 Å². The van der Waals surface area contributed by atoms with Gasteiger partial charge in [-0.25, -0.2) is 8.42 Å². The molecule has 0 heterocycles. The first-order chi connectivity index (χ1) is 5.60. The number of aliphatic hydroxyl groups is 1. The largest absolute Gasteiger partial charge is 0.503 e. The molecule has 0 aliphatic heterocycles. The van der Waals surface area contributed by atoms with Crippen molar-refractivity contribution in [3.63, 3.8) is 0 Å². The van der Waals surface area contributed by atoms with Crippen molar-refractivity contribution in [2.45, 2.75) is 6.18 Å². The van der Waals surface area contributed by atoms with Crippen LogP contribution in [-0.4, -0.2) is 26.0 Å². The minimum atomic E-state index is -5.23. The normalized spacial score (nSPS) is 14.7. The van der Waals surface area contributed by atoms with Crippen LogP contribution in [0.4, 0.5) is 13.2 Å². The SMILES string of the molecule is CS(=O)(=O)/C(C#N)=C(/O)C(F)(F)F. The van der Waals surface area contributed by atoms with Gasteiger partial charge in [-0.15, -0.1) is 0 Å². The molecule has 13 heavy (non-hydrogen) atoms. The highest BCUT2D eigenvalue weighted by Gasteiger charge is 2.39. The van der Waals surface area contributed by atoms with Crippen LogP contribution >= 0.6 is 0 Å². The number of hydrogen-bond acceptors (Lipinski definition) is 4. The van der Waals surface area contributed by atoms with Gasteiger partial charge in [-0.1, -0.05) is 0 Å². The van der Waals surface area contributed by atoms with Gasteiger partial charge in [0.05, 0.1) is 0 Å². The smallest absolute Gasteiger partial charge is 0.450 e. The average molecular weight is 215 g/mol. The molecule has 0 fully saturated rings. The molecule has 0 aromatic carbocycles. The molecule has 4 nitrogen and oxygen atoms in total. The van der Waals surface area contributed by atoms with Gasteiger partial charge in [0.25, 0.3) is 0 Å². The fraction of sp³-hybridized carbons (Fsp3) is 0.400. The van der Waals surface area contributed by atoms with Gasteiger partial charge in [0.2, 0.25) is 5.76 Å². The number of aliphatic hydroxyl groups excluding tert-OH is 1. The van der Waals surface area contributed by atoms with Crippen molar-refractivity contribution in [1.29, 1.82) is 5.26 Å². The fourth-order valence-corrected chi connectivity index (χ4v) is 1.07. The number of allylic oxidation sites excluding steroid dienone is 2. The average Bonchev–Trinajstić information content (AvgIpc) is 1.83. The molecule has 0 aliphatic carbocycles. The minimum Gasteiger partial charge on any atom is -0.503 e. The van der Waals surface area contributed by atoms with Crippen LogP contribution in [0.1, 0.15) is 0 Å². The Kier molecular flexibility index (Phi) is 2.95. The van der Waals surface area contributed by atoms with Crippen molar-refractivity contribution in [3.05, 3.63) is 10.7 Å². The molecule has 0 bridgehead atoms. The van der Waals surface area contributed by atoms with Gasteiger partial charge in [0, 0.05) is 6.26 Å². The second-order valence-electron chi connectivity index (χ2n) is 2.06. The Bertz CT molecular complexity index is 373. The van der Waals surface area contributed by atoms with Crippen LogP contribution in [-0.2, 0) is 9.84 Å². The van der Waals surface area contributed by atoms with Crippen LogP contribution in [0.2, 0.25) is 0 Å². The molecule has 0 spiro atoms. The van der Waals surface area contributed by atoms with Crippen LogP contribution in [0.3, 0.4) is 0 Å². The molecule has 1 N–H and O–H groups in total. The van der Waals surface area contributed by atoms with E-state index in [1.54, 1.807) is 0 Å². The molecule has 0 rings (SSSR count). The summed E-state index contributed by atoms with van der Waals surface area (Å²) in [6, 6.07) is 0.770. The maximum Gasteiger partial charge on any atom is 0.450 e. The summed E-state index contributed by atoms with van der Waals surface area (Å²) >= 11 is 0. The standard InChI is InChI=1S/C5H4F3NO3S/c1-13(11,12)3(2-9)4(10)5(6,7)8/h10H,1H3/b4-3+. The predicted octanol–water partition coefficient (Wildman–Crippen LogP) is 0.886. The summed E-state index contributed by atoms with van der Waals surface area (Å²) in [5.41, 5.74) is 0. The number of nitrogens with zero attached hydrogens (tertiary/aromatic N) is 1. The summed E-state index contributed by atoms with van der Waals surface area (Å²) in [6.45, 7) is 0. The number of nitriles is 1. The molecule has 0 radical (unpaired) electrons. The molecule has 74 valence electrons. The van der Waals surface area contributed by atoms with Crippen molar-refractivity contribution >= 4 is 9.84 Å². The maximum atomic E-state index is 11.7. The molecule has 0 atom stereocenters. The molecular weight excluding hydrogens is 211 g/mol. The lowest BCUT2D eigenvalue weighted by molar-refractivity contribution is -0.120. The summed E-state index contributed by atoms with van der Waals surface area (Å²) in [5, 5.41) is 16.4. The van der Waals surface area contributed by atoms with Crippen LogP contribution in [0, 0.1) is 11.3 Å². The second-order valence-corrected chi connectivity index (χ2v) is 4.01. The van der Waals surface area contributed by atoms with E-state index in [-0.39, 0.29) is 0 Å². The summed E-state index contributed by atoms with van der Waals surface area (Å²) in [7, 11) is -4.35. The minimum absolute atomic E-state index is 0.396. The third-order valence-electron chi connectivity index (χ3n) is 0.956. The fourth-order valence-electron chi connectivity index (χ4n) is 0.440. The number of sulfone groups is 1. The van der Waals surface area contributed by atoms with Gasteiger partial charge in [0.15, 0.2) is 14.7 Å². The lowest BCUT2D eigenvalue weighted by atomic mass is 10.4. The van der Waals surface area contributed by atoms with E-state index in [2.05, 4.69) is 0 Å².